The Morgan fingerprint density at radius 1 is 1.00 bits per heavy atom. The van der Waals surface area contributed by atoms with Gasteiger partial charge >= 0.3 is 12.2 Å². The number of carbonyl (C=O) groups is 2. The third kappa shape index (κ3) is 5.54. The van der Waals surface area contributed by atoms with Crippen LogP contribution in [0.4, 0.5) is 18.0 Å². The minimum atomic E-state index is -4.40. The molecule has 2 heterocycles. The van der Waals surface area contributed by atoms with Crippen LogP contribution >= 0.6 is 23.2 Å². The van der Waals surface area contributed by atoms with E-state index >= 15 is 0 Å². The van der Waals surface area contributed by atoms with Crippen LogP contribution in [0.3, 0.4) is 0 Å². The molecule has 4 rings (SSSR count). The molecule has 0 aliphatic carbocycles. The van der Waals surface area contributed by atoms with Crippen LogP contribution in [0.25, 0.3) is 11.1 Å². The number of carbonyl (C=O) groups excluding carboxylic acids is 2. The molecule has 2 aliphatic rings. The number of urea groups is 1. The molecule has 0 radical (unpaired) electrons. The summed E-state index contributed by atoms with van der Waals surface area (Å²) in [5, 5.41) is 3.40. The van der Waals surface area contributed by atoms with Gasteiger partial charge < -0.3 is 15.1 Å². The molecule has 0 bridgehead atoms. The van der Waals surface area contributed by atoms with Crippen molar-refractivity contribution in [2.45, 2.75) is 37.9 Å². The number of hydrogen-bond acceptors (Lipinski definition) is 2. The number of rotatable bonds is 4. The highest BCUT2D eigenvalue weighted by atomic mass is 35.5. The summed E-state index contributed by atoms with van der Waals surface area (Å²) < 4.78 is 38.5. The molecule has 1 atom stereocenters. The summed E-state index contributed by atoms with van der Waals surface area (Å²) in [6, 6.07) is 8.19. The maximum atomic E-state index is 13.2. The van der Waals surface area contributed by atoms with E-state index in [0.717, 1.165) is 25.0 Å². The van der Waals surface area contributed by atoms with Crippen LogP contribution in [0.15, 0.2) is 36.4 Å². The van der Waals surface area contributed by atoms with Crippen molar-refractivity contribution < 1.29 is 22.8 Å². The third-order valence-electron chi connectivity index (χ3n) is 6.89. The molecule has 35 heavy (non-hydrogen) atoms. The number of benzene rings is 2. The second-order valence-corrected chi connectivity index (χ2v) is 9.80. The van der Waals surface area contributed by atoms with Crippen LogP contribution in [0.2, 0.25) is 10.0 Å². The van der Waals surface area contributed by atoms with Gasteiger partial charge in [-0.3, -0.25) is 4.79 Å². The maximum Gasteiger partial charge on any atom is 0.416 e. The van der Waals surface area contributed by atoms with E-state index in [-0.39, 0.29) is 23.9 Å². The quantitative estimate of drug-likeness (QED) is 0.540. The average molecular weight is 528 g/mol. The Morgan fingerprint density at radius 3 is 2.14 bits per heavy atom. The Morgan fingerprint density at radius 2 is 1.60 bits per heavy atom. The first-order chi connectivity index (χ1) is 16.6. The average Bonchev–Trinajstić information content (AvgIpc) is 3.20. The number of nitrogens with one attached hydrogen (secondary N) is 1. The molecule has 10 heteroatoms. The van der Waals surface area contributed by atoms with E-state index in [1.165, 1.54) is 12.1 Å². The zero-order valence-corrected chi connectivity index (χ0v) is 20.7. The molecule has 2 saturated heterocycles. The predicted octanol–water partition coefficient (Wildman–Crippen LogP) is 5.87. The van der Waals surface area contributed by atoms with Crippen LogP contribution in [0, 0.1) is 5.92 Å². The van der Waals surface area contributed by atoms with E-state index in [9.17, 15) is 22.8 Å². The van der Waals surface area contributed by atoms with Gasteiger partial charge in [-0.2, -0.15) is 13.2 Å². The Kier molecular flexibility index (Phi) is 7.52. The molecular formula is C25H26Cl2F3N3O2. The highest BCUT2D eigenvalue weighted by molar-refractivity contribution is 6.36. The Bertz CT molecular complexity index is 1080. The van der Waals surface area contributed by atoms with Crippen LogP contribution in [0.5, 0.6) is 0 Å². The second kappa shape index (κ2) is 10.3. The molecular weight excluding hydrogens is 502 g/mol. The van der Waals surface area contributed by atoms with Crippen molar-refractivity contribution in [2.24, 2.45) is 5.92 Å². The van der Waals surface area contributed by atoms with Gasteiger partial charge in [0, 0.05) is 48.7 Å². The lowest BCUT2D eigenvalue weighted by molar-refractivity contribution is -0.137. The number of piperidine rings is 1. The summed E-state index contributed by atoms with van der Waals surface area (Å²) in [5.41, 5.74) is 1.12. The zero-order chi connectivity index (χ0) is 25.3. The molecule has 5 nitrogen and oxygen atoms in total. The standard InChI is InChI=1S/C25H26Cl2F3N3O2/c1-31-24(35)32-9-7-19(8-10-32)33-11-6-16(23(33)34)12-20-21(26)13-17(14-22(20)27)15-2-4-18(5-3-15)25(28,29)30/h2-5,13-14,16,19H,6-12H2,1H3,(H,31,35). The highest BCUT2D eigenvalue weighted by Crippen LogP contribution is 2.37. The molecule has 188 valence electrons. The first kappa shape index (κ1) is 25.6. The van der Waals surface area contributed by atoms with Gasteiger partial charge in [0.15, 0.2) is 0 Å². The Labute approximate surface area is 212 Å². The fourth-order valence-electron chi connectivity index (χ4n) is 4.92. The van der Waals surface area contributed by atoms with E-state index in [1.807, 2.05) is 4.90 Å². The molecule has 2 aromatic carbocycles. The van der Waals surface area contributed by atoms with Crippen molar-refractivity contribution in [1.82, 2.24) is 15.1 Å². The number of likely N-dealkylation sites (tertiary alicyclic amines) is 2. The van der Waals surface area contributed by atoms with Gasteiger partial charge in [0.1, 0.15) is 0 Å². The van der Waals surface area contributed by atoms with Crippen molar-refractivity contribution >= 4 is 35.1 Å². The first-order valence-electron chi connectivity index (χ1n) is 11.5. The first-order valence-corrected chi connectivity index (χ1v) is 12.3. The summed E-state index contributed by atoms with van der Waals surface area (Å²) in [6.07, 6.45) is -1.82. The largest absolute Gasteiger partial charge is 0.416 e. The maximum absolute atomic E-state index is 13.2. The van der Waals surface area contributed by atoms with E-state index in [1.54, 1.807) is 24.1 Å². The summed E-state index contributed by atoms with van der Waals surface area (Å²) in [7, 11) is 1.61. The summed E-state index contributed by atoms with van der Waals surface area (Å²) >= 11 is 13.1. The molecule has 2 aliphatic heterocycles. The number of amides is 3. The minimum Gasteiger partial charge on any atom is -0.341 e. The zero-order valence-electron chi connectivity index (χ0n) is 19.2. The molecule has 2 fully saturated rings. The van der Waals surface area contributed by atoms with Crippen molar-refractivity contribution in [3.05, 3.63) is 57.6 Å². The lowest BCUT2D eigenvalue weighted by Crippen LogP contribution is -2.49. The minimum absolute atomic E-state index is 0.0716. The molecule has 1 N–H and O–H groups in total. The van der Waals surface area contributed by atoms with Crippen molar-refractivity contribution in [1.29, 1.82) is 0 Å². The fraction of sp³-hybridized carbons (Fsp3) is 0.440. The van der Waals surface area contributed by atoms with E-state index in [4.69, 9.17) is 23.2 Å². The topological polar surface area (TPSA) is 52.7 Å². The highest BCUT2D eigenvalue weighted by Gasteiger charge is 2.38. The van der Waals surface area contributed by atoms with Crippen molar-refractivity contribution in [3.63, 3.8) is 0 Å². The fourth-order valence-corrected chi connectivity index (χ4v) is 5.56. The lowest BCUT2D eigenvalue weighted by atomic mass is 9.95. The number of alkyl halides is 3. The van der Waals surface area contributed by atoms with E-state index < -0.39 is 11.7 Å². The van der Waals surface area contributed by atoms with E-state index in [0.29, 0.717) is 59.2 Å². The van der Waals surface area contributed by atoms with Crippen LogP contribution in [-0.4, -0.2) is 54.5 Å². The van der Waals surface area contributed by atoms with Crippen molar-refractivity contribution in [2.75, 3.05) is 26.7 Å². The Hall–Kier alpha value is -2.45. The second-order valence-electron chi connectivity index (χ2n) is 8.99. The SMILES string of the molecule is CNC(=O)N1CCC(N2CCC(Cc3c(Cl)cc(-c4ccc(C(F)(F)F)cc4)cc3Cl)C2=O)CC1. The Balaban J connectivity index is 1.42. The molecule has 0 saturated carbocycles. The van der Waals surface area contributed by atoms with Crippen LogP contribution in [0.1, 0.15) is 30.4 Å². The molecule has 0 spiro atoms. The van der Waals surface area contributed by atoms with Crippen LogP contribution < -0.4 is 5.32 Å². The van der Waals surface area contributed by atoms with Gasteiger partial charge in [0.05, 0.1) is 5.56 Å². The number of hydrogen-bond donors (Lipinski definition) is 1. The third-order valence-corrected chi connectivity index (χ3v) is 7.57. The lowest BCUT2D eigenvalue weighted by Gasteiger charge is -2.36. The summed E-state index contributed by atoms with van der Waals surface area (Å²) in [5.74, 6) is -0.166. The van der Waals surface area contributed by atoms with Gasteiger partial charge in [0.25, 0.3) is 0 Å². The monoisotopic (exact) mass is 527 g/mol. The summed E-state index contributed by atoms with van der Waals surface area (Å²) in [6.45, 7) is 1.89. The van der Waals surface area contributed by atoms with Gasteiger partial charge in [-0.25, -0.2) is 4.79 Å². The molecule has 1 unspecified atom stereocenters. The molecule has 2 aromatic rings. The van der Waals surface area contributed by atoms with Crippen molar-refractivity contribution in [3.8, 4) is 11.1 Å². The van der Waals surface area contributed by atoms with Gasteiger partial charge in [-0.05, 0) is 66.6 Å². The molecule has 0 aromatic heterocycles. The smallest absolute Gasteiger partial charge is 0.341 e. The predicted molar refractivity (Wildman–Crippen MR) is 129 cm³/mol. The molecule has 3 amide bonds. The summed E-state index contributed by atoms with van der Waals surface area (Å²) in [4.78, 5) is 28.6. The van der Waals surface area contributed by atoms with Gasteiger partial charge in [-0.1, -0.05) is 35.3 Å². The van der Waals surface area contributed by atoms with Gasteiger partial charge in [0.2, 0.25) is 5.91 Å². The number of nitrogens with zero attached hydrogens (tertiary/aromatic N) is 2. The normalized spacial score (nSPS) is 19.4. The number of halogens is 5. The van der Waals surface area contributed by atoms with Gasteiger partial charge in [-0.15, -0.1) is 0 Å². The van der Waals surface area contributed by atoms with Crippen LogP contribution in [-0.2, 0) is 17.4 Å². The van der Waals surface area contributed by atoms with E-state index in [2.05, 4.69) is 5.32 Å².